The quantitative estimate of drug-likeness (QED) is 0.694. The predicted molar refractivity (Wildman–Crippen MR) is 91.4 cm³/mol. The van der Waals surface area contributed by atoms with Crippen molar-refractivity contribution < 1.29 is 14.2 Å². The van der Waals surface area contributed by atoms with Gasteiger partial charge in [0.25, 0.3) is 0 Å². The van der Waals surface area contributed by atoms with Crippen LogP contribution in [0.5, 0.6) is 0 Å². The van der Waals surface area contributed by atoms with E-state index in [0.717, 1.165) is 5.32 Å². The summed E-state index contributed by atoms with van der Waals surface area (Å²) in [4.78, 5) is 0. The summed E-state index contributed by atoms with van der Waals surface area (Å²) in [6.45, 7) is 1.23. The van der Waals surface area contributed by atoms with Gasteiger partial charge in [0.2, 0.25) is 0 Å². The fraction of sp³-hybridized carbons (Fsp3) is 0.368. The van der Waals surface area contributed by atoms with Crippen LogP contribution < -0.4 is 0 Å². The molecule has 3 atom stereocenters. The van der Waals surface area contributed by atoms with Gasteiger partial charge in [-0.3, -0.25) is 0 Å². The molecular weight excluding hydrogens is 355 g/mol. The first kappa shape index (κ1) is 16.7. The number of methoxy groups -OCH3 is 1. The van der Waals surface area contributed by atoms with Gasteiger partial charge in [0.05, 0.1) is 0 Å². The molecule has 0 aliphatic carbocycles. The van der Waals surface area contributed by atoms with Gasteiger partial charge >= 0.3 is 144 Å². The molecule has 122 valence electrons. The molecule has 23 heavy (non-hydrogen) atoms. The van der Waals surface area contributed by atoms with Crippen molar-refractivity contribution in [1.29, 1.82) is 0 Å². The number of hydrogen-bond donors (Lipinski definition) is 0. The van der Waals surface area contributed by atoms with Crippen molar-refractivity contribution >= 4 is 15.0 Å². The van der Waals surface area contributed by atoms with Crippen molar-refractivity contribution in [2.75, 3.05) is 7.11 Å². The van der Waals surface area contributed by atoms with Crippen LogP contribution in [0, 0.1) is 0 Å². The summed E-state index contributed by atoms with van der Waals surface area (Å²) in [5.74, 6) is 0. The number of rotatable bonds is 7. The van der Waals surface area contributed by atoms with Gasteiger partial charge in [0, 0.05) is 0 Å². The van der Waals surface area contributed by atoms with E-state index in [0.29, 0.717) is 28.2 Å². The molecular formula is C19H22O3Se. The van der Waals surface area contributed by atoms with Crippen LogP contribution in [0.2, 0.25) is 5.32 Å². The summed E-state index contributed by atoms with van der Waals surface area (Å²) in [5, 5.41) is 1.21. The van der Waals surface area contributed by atoms with Crippen molar-refractivity contribution in [2.45, 2.75) is 35.7 Å². The van der Waals surface area contributed by atoms with Crippen LogP contribution in [-0.4, -0.2) is 39.3 Å². The average Bonchev–Trinajstić information content (AvgIpc) is 3.02. The van der Waals surface area contributed by atoms with E-state index in [2.05, 4.69) is 24.3 Å². The fourth-order valence-electron chi connectivity index (χ4n) is 2.63. The summed E-state index contributed by atoms with van der Waals surface area (Å²) in [6.07, 6.45) is 0.132. The van der Waals surface area contributed by atoms with E-state index in [1.165, 1.54) is 11.1 Å². The zero-order valence-corrected chi connectivity index (χ0v) is 15.0. The van der Waals surface area contributed by atoms with Crippen LogP contribution in [0.15, 0.2) is 60.7 Å². The topological polar surface area (TPSA) is 27.7 Å². The monoisotopic (exact) mass is 378 g/mol. The van der Waals surface area contributed by atoms with E-state index in [1.807, 2.05) is 36.4 Å². The molecule has 0 saturated carbocycles. The van der Waals surface area contributed by atoms with Crippen LogP contribution in [0.1, 0.15) is 11.1 Å². The van der Waals surface area contributed by atoms with Crippen molar-refractivity contribution in [1.82, 2.24) is 0 Å². The van der Waals surface area contributed by atoms with Gasteiger partial charge in [-0.1, -0.05) is 0 Å². The normalized spacial score (nSPS) is 24.0. The van der Waals surface area contributed by atoms with Gasteiger partial charge < -0.3 is 0 Å². The molecule has 2 aromatic carbocycles. The van der Waals surface area contributed by atoms with Gasteiger partial charge in [0.1, 0.15) is 0 Å². The molecule has 1 aliphatic heterocycles. The van der Waals surface area contributed by atoms with E-state index >= 15 is 0 Å². The SMILES string of the molecule is COC1[Se]C[C@H](OCc2ccccc2)[C@H]1OCc1ccccc1. The van der Waals surface area contributed by atoms with Crippen molar-refractivity contribution in [3.63, 3.8) is 0 Å². The molecule has 1 fully saturated rings. The maximum absolute atomic E-state index is 6.16. The molecule has 0 N–H and O–H groups in total. The van der Waals surface area contributed by atoms with Crippen LogP contribution in [0.3, 0.4) is 0 Å². The Labute approximate surface area is 144 Å². The van der Waals surface area contributed by atoms with Crippen LogP contribution in [0.25, 0.3) is 0 Å². The van der Waals surface area contributed by atoms with Gasteiger partial charge in [0.15, 0.2) is 0 Å². The molecule has 0 radical (unpaired) electrons. The third kappa shape index (κ3) is 4.66. The van der Waals surface area contributed by atoms with Crippen LogP contribution in [0.4, 0.5) is 0 Å². The van der Waals surface area contributed by atoms with E-state index in [1.54, 1.807) is 7.11 Å². The molecule has 3 nitrogen and oxygen atoms in total. The molecule has 3 rings (SSSR count). The Morgan fingerprint density at radius 2 is 1.43 bits per heavy atom. The van der Waals surface area contributed by atoms with E-state index < -0.39 is 0 Å². The van der Waals surface area contributed by atoms with Gasteiger partial charge in [-0.15, -0.1) is 0 Å². The zero-order chi connectivity index (χ0) is 15.9. The number of benzene rings is 2. The van der Waals surface area contributed by atoms with Crippen molar-refractivity contribution in [3.05, 3.63) is 71.8 Å². The third-order valence-electron chi connectivity index (χ3n) is 3.88. The Hall–Kier alpha value is -1.16. The molecule has 2 aromatic rings. The molecule has 4 heteroatoms. The van der Waals surface area contributed by atoms with Crippen molar-refractivity contribution in [3.8, 4) is 0 Å². The second-order valence-corrected chi connectivity index (χ2v) is 7.91. The first-order valence-electron chi connectivity index (χ1n) is 7.82. The summed E-state index contributed by atoms with van der Waals surface area (Å²) < 4.78 is 17.9. The Balaban J connectivity index is 1.57. The summed E-state index contributed by atoms with van der Waals surface area (Å²) in [7, 11) is 1.77. The van der Waals surface area contributed by atoms with Crippen molar-refractivity contribution in [2.24, 2.45) is 0 Å². The zero-order valence-electron chi connectivity index (χ0n) is 13.3. The second kappa shape index (κ2) is 8.62. The maximum atomic E-state index is 6.16. The Morgan fingerprint density at radius 3 is 2.00 bits per heavy atom. The van der Waals surface area contributed by atoms with Gasteiger partial charge in [-0.25, -0.2) is 0 Å². The summed E-state index contributed by atoms with van der Waals surface area (Å²) in [5.41, 5.74) is 2.38. The molecule has 0 spiro atoms. The average molecular weight is 377 g/mol. The molecule has 0 bridgehead atoms. The van der Waals surface area contributed by atoms with Gasteiger partial charge in [-0.05, 0) is 0 Å². The minimum atomic E-state index is 0.0175. The predicted octanol–water partition coefficient (Wildman–Crippen LogP) is 3.27. The fourth-order valence-corrected chi connectivity index (χ4v) is 5.24. The summed E-state index contributed by atoms with van der Waals surface area (Å²) >= 11 is 0.400. The number of ether oxygens (including phenoxy) is 3. The van der Waals surface area contributed by atoms with E-state index in [-0.39, 0.29) is 17.2 Å². The Kier molecular flexibility index (Phi) is 6.26. The molecule has 1 unspecified atom stereocenters. The molecule has 1 heterocycles. The first-order chi connectivity index (χ1) is 11.4. The molecule has 1 saturated heterocycles. The Bertz CT molecular complexity index is 576. The standard InChI is InChI=1S/C19H22O3Se/c1-20-19-18(22-13-16-10-6-3-7-11-16)17(14-23-19)21-12-15-8-4-2-5-9-15/h2-11,17-19H,12-14H2,1H3/t17-,18+,19?/m0/s1. The first-order valence-corrected chi connectivity index (χ1v) is 10.0. The van der Waals surface area contributed by atoms with E-state index in [4.69, 9.17) is 14.2 Å². The van der Waals surface area contributed by atoms with Gasteiger partial charge in [-0.2, -0.15) is 0 Å². The third-order valence-corrected chi connectivity index (χ3v) is 6.63. The van der Waals surface area contributed by atoms with Crippen LogP contribution in [-0.2, 0) is 27.4 Å². The summed E-state index contributed by atoms with van der Waals surface area (Å²) in [6, 6.07) is 20.5. The van der Waals surface area contributed by atoms with E-state index in [9.17, 15) is 0 Å². The number of hydrogen-bond acceptors (Lipinski definition) is 3. The second-order valence-electron chi connectivity index (χ2n) is 5.53. The Morgan fingerprint density at radius 1 is 0.870 bits per heavy atom. The molecule has 1 aliphatic rings. The molecule has 0 amide bonds. The van der Waals surface area contributed by atoms with Crippen LogP contribution >= 0.6 is 0 Å². The minimum absolute atomic E-state index is 0.0175. The molecule has 0 aromatic heterocycles.